The van der Waals surface area contributed by atoms with Gasteiger partial charge in [-0.25, -0.2) is 9.97 Å². The fourth-order valence-corrected chi connectivity index (χ4v) is 2.25. The summed E-state index contributed by atoms with van der Waals surface area (Å²) >= 11 is 4.23. The molecule has 0 radical (unpaired) electrons. The molecule has 1 atom stereocenters. The summed E-state index contributed by atoms with van der Waals surface area (Å²) in [7, 11) is 2.16. The summed E-state index contributed by atoms with van der Waals surface area (Å²) in [5.74, 6) is 2.05. The van der Waals surface area contributed by atoms with Crippen molar-refractivity contribution in [3.63, 3.8) is 0 Å². The molecule has 3 nitrogen and oxygen atoms in total. The van der Waals surface area contributed by atoms with Crippen LogP contribution in [-0.4, -0.2) is 35.0 Å². The Morgan fingerprint density at radius 3 is 2.93 bits per heavy atom. The number of aromatic nitrogens is 2. The molecule has 0 saturated carbocycles. The maximum Gasteiger partial charge on any atom is 0.138 e. The van der Waals surface area contributed by atoms with Crippen molar-refractivity contribution in [2.75, 3.05) is 20.1 Å². The predicted octanol–water partition coefficient (Wildman–Crippen LogP) is 1.63. The number of likely N-dealkylation sites (tertiary alicyclic amines) is 1. The van der Waals surface area contributed by atoms with Crippen molar-refractivity contribution in [1.29, 1.82) is 0 Å². The summed E-state index contributed by atoms with van der Waals surface area (Å²) in [5, 5.41) is 0. The largest absolute Gasteiger partial charge is 0.306 e. The molecule has 0 bridgehead atoms. The number of hydrogen-bond acceptors (Lipinski definition) is 4. The SMILES string of the molecule is Cc1cc(C2CCN(C)C2)nc(CS)n1. The van der Waals surface area contributed by atoms with E-state index in [1.165, 1.54) is 18.7 Å². The molecule has 1 saturated heterocycles. The van der Waals surface area contributed by atoms with Gasteiger partial charge < -0.3 is 4.90 Å². The summed E-state index contributed by atoms with van der Waals surface area (Å²) in [4.78, 5) is 11.2. The molecule has 0 N–H and O–H groups in total. The highest BCUT2D eigenvalue weighted by atomic mass is 32.1. The minimum Gasteiger partial charge on any atom is -0.306 e. The number of thiol groups is 1. The molecule has 4 heteroatoms. The first-order chi connectivity index (χ1) is 7.19. The third-order valence-corrected chi connectivity index (χ3v) is 3.15. The average molecular weight is 223 g/mol. The van der Waals surface area contributed by atoms with Crippen molar-refractivity contribution in [3.8, 4) is 0 Å². The van der Waals surface area contributed by atoms with Gasteiger partial charge in [0.05, 0.1) is 5.75 Å². The lowest BCUT2D eigenvalue weighted by Crippen LogP contribution is -2.14. The Morgan fingerprint density at radius 2 is 2.33 bits per heavy atom. The third-order valence-electron chi connectivity index (χ3n) is 2.87. The van der Waals surface area contributed by atoms with Crippen molar-refractivity contribution in [2.45, 2.75) is 25.0 Å². The van der Waals surface area contributed by atoms with Gasteiger partial charge in [0.25, 0.3) is 0 Å². The van der Waals surface area contributed by atoms with Gasteiger partial charge in [0, 0.05) is 23.9 Å². The second-order valence-electron chi connectivity index (χ2n) is 4.26. The van der Waals surface area contributed by atoms with Gasteiger partial charge in [0.1, 0.15) is 5.82 Å². The first kappa shape index (κ1) is 10.9. The van der Waals surface area contributed by atoms with Gasteiger partial charge in [0.2, 0.25) is 0 Å². The molecule has 1 aliphatic rings. The molecule has 1 aromatic heterocycles. The summed E-state index contributed by atoms with van der Waals surface area (Å²) in [6, 6.07) is 2.11. The molecule has 0 spiro atoms. The van der Waals surface area contributed by atoms with Crippen LogP contribution in [0, 0.1) is 6.92 Å². The second kappa shape index (κ2) is 4.49. The van der Waals surface area contributed by atoms with Crippen LogP contribution >= 0.6 is 12.6 Å². The van der Waals surface area contributed by atoms with Crippen LogP contribution < -0.4 is 0 Å². The summed E-state index contributed by atoms with van der Waals surface area (Å²) < 4.78 is 0. The lowest BCUT2D eigenvalue weighted by Gasteiger charge is -2.11. The summed E-state index contributed by atoms with van der Waals surface area (Å²) in [5.41, 5.74) is 2.24. The van der Waals surface area contributed by atoms with Crippen molar-refractivity contribution in [1.82, 2.24) is 14.9 Å². The highest BCUT2D eigenvalue weighted by Crippen LogP contribution is 2.25. The maximum absolute atomic E-state index is 4.55. The normalized spacial score (nSPS) is 22.2. The van der Waals surface area contributed by atoms with E-state index >= 15 is 0 Å². The lowest BCUT2D eigenvalue weighted by molar-refractivity contribution is 0.410. The minimum atomic E-state index is 0.579. The van der Waals surface area contributed by atoms with Crippen molar-refractivity contribution < 1.29 is 0 Å². The van der Waals surface area contributed by atoms with Gasteiger partial charge in [-0.1, -0.05) is 0 Å². The number of rotatable bonds is 2. The molecule has 82 valence electrons. The molecule has 0 amide bonds. The standard InChI is InChI=1S/C11H17N3S/c1-8-5-10(13-11(7-15)12-8)9-3-4-14(2)6-9/h5,9,15H,3-4,6-7H2,1-2H3. The summed E-state index contributed by atoms with van der Waals surface area (Å²) in [6.07, 6.45) is 1.21. The number of aryl methyl sites for hydroxylation is 1. The first-order valence-electron chi connectivity index (χ1n) is 5.33. The molecule has 1 unspecified atom stereocenters. The van der Waals surface area contributed by atoms with Crippen molar-refractivity contribution in [3.05, 3.63) is 23.3 Å². The zero-order chi connectivity index (χ0) is 10.8. The second-order valence-corrected chi connectivity index (χ2v) is 4.57. The fourth-order valence-electron chi connectivity index (χ4n) is 2.11. The van der Waals surface area contributed by atoms with Crippen LogP contribution in [-0.2, 0) is 5.75 Å². The van der Waals surface area contributed by atoms with E-state index in [1.807, 2.05) is 6.92 Å². The van der Waals surface area contributed by atoms with Gasteiger partial charge in [-0.05, 0) is 33.0 Å². The molecule has 2 heterocycles. The summed E-state index contributed by atoms with van der Waals surface area (Å²) in [6.45, 7) is 4.31. The van der Waals surface area contributed by atoms with E-state index in [4.69, 9.17) is 0 Å². The molecular formula is C11H17N3S. The van der Waals surface area contributed by atoms with Gasteiger partial charge in [-0.2, -0.15) is 12.6 Å². The van der Waals surface area contributed by atoms with Crippen LogP contribution in [0.5, 0.6) is 0 Å². The molecular weight excluding hydrogens is 206 g/mol. The highest BCUT2D eigenvalue weighted by molar-refractivity contribution is 7.79. The number of nitrogens with zero attached hydrogens (tertiary/aromatic N) is 3. The van der Waals surface area contributed by atoms with Gasteiger partial charge >= 0.3 is 0 Å². The van der Waals surface area contributed by atoms with Gasteiger partial charge in [-0.3, -0.25) is 0 Å². The monoisotopic (exact) mass is 223 g/mol. The van der Waals surface area contributed by atoms with E-state index in [1.54, 1.807) is 0 Å². The molecule has 1 aliphatic heterocycles. The van der Waals surface area contributed by atoms with Crippen LogP contribution in [0.1, 0.15) is 29.6 Å². The number of likely N-dealkylation sites (N-methyl/N-ethyl adjacent to an activating group) is 1. The maximum atomic E-state index is 4.55. The smallest absolute Gasteiger partial charge is 0.138 e. The van der Waals surface area contributed by atoms with Crippen LogP contribution in [0.25, 0.3) is 0 Å². The Balaban J connectivity index is 2.24. The van der Waals surface area contributed by atoms with Crippen LogP contribution in [0.4, 0.5) is 0 Å². The van der Waals surface area contributed by atoms with E-state index in [-0.39, 0.29) is 0 Å². The van der Waals surface area contributed by atoms with Crippen molar-refractivity contribution in [2.24, 2.45) is 0 Å². The van der Waals surface area contributed by atoms with E-state index < -0.39 is 0 Å². The first-order valence-corrected chi connectivity index (χ1v) is 5.96. The fraction of sp³-hybridized carbons (Fsp3) is 0.636. The Morgan fingerprint density at radius 1 is 1.53 bits per heavy atom. The van der Waals surface area contributed by atoms with E-state index in [2.05, 4.69) is 40.6 Å². The molecule has 1 aromatic rings. The quantitative estimate of drug-likeness (QED) is 0.773. The van der Waals surface area contributed by atoms with E-state index in [0.29, 0.717) is 11.7 Å². The zero-order valence-electron chi connectivity index (χ0n) is 9.27. The van der Waals surface area contributed by atoms with Crippen LogP contribution in [0.2, 0.25) is 0 Å². The van der Waals surface area contributed by atoms with Crippen LogP contribution in [0.3, 0.4) is 0 Å². The Kier molecular flexibility index (Phi) is 3.26. The van der Waals surface area contributed by atoms with Crippen LogP contribution in [0.15, 0.2) is 6.07 Å². The van der Waals surface area contributed by atoms with E-state index in [0.717, 1.165) is 18.1 Å². The van der Waals surface area contributed by atoms with Crippen molar-refractivity contribution >= 4 is 12.6 Å². The van der Waals surface area contributed by atoms with Gasteiger partial charge in [0.15, 0.2) is 0 Å². The topological polar surface area (TPSA) is 29.0 Å². The number of hydrogen-bond donors (Lipinski definition) is 1. The Hall–Kier alpha value is -0.610. The minimum absolute atomic E-state index is 0.579. The Bertz CT molecular complexity index is 354. The molecule has 2 rings (SSSR count). The molecule has 15 heavy (non-hydrogen) atoms. The zero-order valence-corrected chi connectivity index (χ0v) is 10.2. The Labute approximate surface area is 96.3 Å². The third kappa shape index (κ3) is 2.49. The highest BCUT2D eigenvalue weighted by Gasteiger charge is 2.22. The van der Waals surface area contributed by atoms with Gasteiger partial charge in [-0.15, -0.1) is 0 Å². The average Bonchev–Trinajstić information content (AvgIpc) is 2.64. The predicted molar refractivity (Wildman–Crippen MR) is 64.3 cm³/mol. The lowest BCUT2D eigenvalue weighted by atomic mass is 10.0. The molecule has 0 aliphatic carbocycles. The van der Waals surface area contributed by atoms with E-state index in [9.17, 15) is 0 Å². The molecule has 1 fully saturated rings. The molecule has 0 aromatic carbocycles.